The summed E-state index contributed by atoms with van der Waals surface area (Å²) in [4.78, 5) is 15.2. The smallest absolute Gasteiger partial charge is 0.129 e. The van der Waals surface area contributed by atoms with Gasteiger partial charge in [0.25, 0.3) is 0 Å². The molecular formula is C14H12FNO. The molecule has 0 aliphatic rings. The molecular weight excluding hydrogens is 217 g/mol. The predicted molar refractivity (Wildman–Crippen MR) is 63.1 cm³/mol. The van der Waals surface area contributed by atoms with Crippen molar-refractivity contribution in [1.29, 1.82) is 0 Å². The average molecular weight is 229 g/mol. The van der Waals surface area contributed by atoms with Crippen LogP contribution in [0.4, 0.5) is 4.39 Å². The number of carbonyl (C=O) groups excluding carboxylic acids is 1. The van der Waals surface area contributed by atoms with E-state index >= 15 is 0 Å². The van der Waals surface area contributed by atoms with Gasteiger partial charge in [-0.2, -0.15) is 0 Å². The molecule has 2 aromatic rings. The SMILES string of the molecule is O=CC(Cc1ccccc1F)c1ccccn1. The number of hydrogen-bond acceptors (Lipinski definition) is 2. The molecule has 1 heterocycles. The molecule has 0 fully saturated rings. The van der Waals surface area contributed by atoms with Gasteiger partial charge in [0, 0.05) is 6.20 Å². The molecule has 17 heavy (non-hydrogen) atoms. The van der Waals surface area contributed by atoms with Crippen molar-refractivity contribution in [1.82, 2.24) is 4.98 Å². The van der Waals surface area contributed by atoms with Gasteiger partial charge in [0.2, 0.25) is 0 Å². The molecule has 0 aliphatic heterocycles. The number of halogens is 1. The molecule has 86 valence electrons. The van der Waals surface area contributed by atoms with E-state index < -0.39 is 5.92 Å². The molecule has 0 aliphatic carbocycles. The predicted octanol–water partition coefficient (Wildman–Crippen LogP) is 2.75. The van der Waals surface area contributed by atoms with Gasteiger partial charge in [-0.25, -0.2) is 4.39 Å². The van der Waals surface area contributed by atoms with Crippen molar-refractivity contribution in [3.8, 4) is 0 Å². The van der Waals surface area contributed by atoms with Gasteiger partial charge in [0.05, 0.1) is 11.6 Å². The van der Waals surface area contributed by atoms with E-state index in [9.17, 15) is 9.18 Å². The third kappa shape index (κ3) is 2.75. The van der Waals surface area contributed by atoms with Gasteiger partial charge in [-0.05, 0) is 30.2 Å². The fraction of sp³-hybridized carbons (Fsp3) is 0.143. The summed E-state index contributed by atoms with van der Waals surface area (Å²) in [6, 6.07) is 11.9. The van der Waals surface area contributed by atoms with Crippen molar-refractivity contribution in [3.63, 3.8) is 0 Å². The van der Waals surface area contributed by atoms with Crippen LogP contribution in [0.2, 0.25) is 0 Å². The van der Waals surface area contributed by atoms with Gasteiger partial charge in [-0.15, -0.1) is 0 Å². The van der Waals surface area contributed by atoms with Crippen LogP contribution in [0.15, 0.2) is 48.7 Å². The molecule has 0 saturated heterocycles. The molecule has 1 aromatic carbocycles. The second-order valence-corrected chi connectivity index (χ2v) is 3.79. The van der Waals surface area contributed by atoms with Crippen LogP contribution in [0.3, 0.4) is 0 Å². The quantitative estimate of drug-likeness (QED) is 0.754. The highest BCUT2D eigenvalue weighted by Crippen LogP contribution is 2.18. The minimum absolute atomic E-state index is 0.282. The summed E-state index contributed by atoms with van der Waals surface area (Å²) in [5, 5.41) is 0. The largest absolute Gasteiger partial charge is 0.303 e. The highest BCUT2D eigenvalue weighted by molar-refractivity contribution is 5.61. The van der Waals surface area contributed by atoms with Crippen molar-refractivity contribution < 1.29 is 9.18 Å². The summed E-state index contributed by atoms with van der Waals surface area (Å²) in [5.74, 6) is -0.677. The van der Waals surface area contributed by atoms with E-state index in [0.717, 1.165) is 6.29 Å². The molecule has 0 radical (unpaired) electrons. The van der Waals surface area contributed by atoms with E-state index in [4.69, 9.17) is 0 Å². The highest BCUT2D eigenvalue weighted by Gasteiger charge is 2.14. The maximum Gasteiger partial charge on any atom is 0.129 e. The zero-order chi connectivity index (χ0) is 12.1. The van der Waals surface area contributed by atoms with Crippen LogP contribution in [-0.2, 0) is 11.2 Å². The molecule has 1 aromatic heterocycles. The Bertz CT molecular complexity index is 499. The number of hydrogen-bond donors (Lipinski definition) is 0. The summed E-state index contributed by atoms with van der Waals surface area (Å²) < 4.78 is 13.5. The Morgan fingerprint density at radius 1 is 1.18 bits per heavy atom. The van der Waals surface area contributed by atoms with Gasteiger partial charge < -0.3 is 4.79 Å². The molecule has 2 rings (SSSR count). The Labute approximate surface area is 99.1 Å². The minimum Gasteiger partial charge on any atom is -0.303 e. The minimum atomic E-state index is -0.395. The molecule has 1 unspecified atom stereocenters. The standard InChI is InChI=1S/C14H12FNO/c15-13-6-2-1-5-11(13)9-12(10-17)14-7-3-4-8-16-14/h1-8,10,12H,9H2. The molecule has 1 atom stereocenters. The Kier molecular flexibility index (Phi) is 3.60. The first-order valence-corrected chi connectivity index (χ1v) is 5.41. The molecule has 2 nitrogen and oxygen atoms in total. The number of carbonyl (C=O) groups is 1. The molecule has 0 bridgehead atoms. The zero-order valence-electron chi connectivity index (χ0n) is 9.21. The van der Waals surface area contributed by atoms with Crippen molar-refractivity contribution in [2.75, 3.05) is 0 Å². The first-order chi connectivity index (χ1) is 8.31. The lowest BCUT2D eigenvalue weighted by Crippen LogP contribution is -2.07. The van der Waals surface area contributed by atoms with E-state index in [2.05, 4.69) is 4.98 Å². The van der Waals surface area contributed by atoms with E-state index in [1.807, 2.05) is 6.07 Å². The molecule has 3 heteroatoms. The lowest BCUT2D eigenvalue weighted by atomic mass is 9.97. The Morgan fingerprint density at radius 3 is 2.59 bits per heavy atom. The first-order valence-electron chi connectivity index (χ1n) is 5.41. The zero-order valence-corrected chi connectivity index (χ0v) is 9.21. The highest BCUT2D eigenvalue weighted by atomic mass is 19.1. The second-order valence-electron chi connectivity index (χ2n) is 3.79. The third-order valence-electron chi connectivity index (χ3n) is 2.63. The Hall–Kier alpha value is -2.03. The maximum absolute atomic E-state index is 13.5. The number of nitrogens with zero attached hydrogens (tertiary/aromatic N) is 1. The van der Waals surface area contributed by atoms with Crippen LogP contribution >= 0.6 is 0 Å². The normalized spacial score (nSPS) is 12.1. The lowest BCUT2D eigenvalue weighted by molar-refractivity contribution is -0.109. The fourth-order valence-corrected chi connectivity index (χ4v) is 1.72. The fourth-order valence-electron chi connectivity index (χ4n) is 1.72. The Morgan fingerprint density at radius 2 is 1.94 bits per heavy atom. The van der Waals surface area contributed by atoms with Crippen molar-refractivity contribution in [3.05, 3.63) is 65.7 Å². The van der Waals surface area contributed by atoms with E-state index in [1.54, 1.807) is 36.5 Å². The van der Waals surface area contributed by atoms with Crippen molar-refractivity contribution in [2.24, 2.45) is 0 Å². The average Bonchev–Trinajstić information content (AvgIpc) is 2.39. The molecule has 0 saturated carbocycles. The monoisotopic (exact) mass is 229 g/mol. The van der Waals surface area contributed by atoms with Crippen molar-refractivity contribution in [2.45, 2.75) is 12.3 Å². The van der Waals surface area contributed by atoms with Crippen LogP contribution in [0.25, 0.3) is 0 Å². The Balaban J connectivity index is 2.22. The summed E-state index contributed by atoms with van der Waals surface area (Å²) in [6.45, 7) is 0. The number of pyridine rings is 1. The topological polar surface area (TPSA) is 30.0 Å². The van der Waals surface area contributed by atoms with Crippen LogP contribution in [0.1, 0.15) is 17.2 Å². The van der Waals surface area contributed by atoms with Crippen LogP contribution in [-0.4, -0.2) is 11.3 Å². The van der Waals surface area contributed by atoms with Gasteiger partial charge in [0.15, 0.2) is 0 Å². The van der Waals surface area contributed by atoms with Crippen LogP contribution in [0, 0.1) is 5.82 Å². The molecule has 0 amide bonds. The van der Waals surface area contributed by atoms with Crippen LogP contribution < -0.4 is 0 Å². The summed E-state index contributed by atoms with van der Waals surface area (Å²) in [5.41, 5.74) is 1.21. The number of rotatable bonds is 4. The molecule has 0 spiro atoms. The first kappa shape index (κ1) is 11.5. The van der Waals surface area contributed by atoms with Crippen molar-refractivity contribution >= 4 is 6.29 Å². The van der Waals surface area contributed by atoms with Gasteiger partial charge >= 0.3 is 0 Å². The number of aromatic nitrogens is 1. The van der Waals surface area contributed by atoms with E-state index in [-0.39, 0.29) is 5.82 Å². The summed E-state index contributed by atoms with van der Waals surface area (Å²) in [6.07, 6.45) is 2.79. The second kappa shape index (κ2) is 5.34. The number of benzene rings is 1. The third-order valence-corrected chi connectivity index (χ3v) is 2.63. The van der Waals surface area contributed by atoms with Gasteiger partial charge in [-0.3, -0.25) is 4.98 Å². The summed E-state index contributed by atoms with van der Waals surface area (Å²) >= 11 is 0. The summed E-state index contributed by atoms with van der Waals surface area (Å²) in [7, 11) is 0. The van der Waals surface area contributed by atoms with Gasteiger partial charge in [0.1, 0.15) is 12.1 Å². The molecule has 0 N–H and O–H groups in total. The maximum atomic E-state index is 13.5. The van der Waals surface area contributed by atoms with Gasteiger partial charge in [-0.1, -0.05) is 24.3 Å². The van der Waals surface area contributed by atoms with E-state index in [0.29, 0.717) is 17.7 Å². The van der Waals surface area contributed by atoms with Crippen LogP contribution in [0.5, 0.6) is 0 Å². The van der Waals surface area contributed by atoms with E-state index in [1.165, 1.54) is 6.07 Å². The lowest BCUT2D eigenvalue weighted by Gasteiger charge is -2.10. The number of aldehydes is 1.